The summed E-state index contributed by atoms with van der Waals surface area (Å²) in [5.74, 6) is 0.306. The average molecular weight is 281 g/mol. The topological polar surface area (TPSA) is 73.1 Å². The molecule has 0 atom stereocenters. The molecule has 0 saturated heterocycles. The number of methoxy groups -OCH3 is 1. The molecule has 2 rings (SSSR count). The highest BCUT2D eigenvalue weighted by molar-refractivity contribution is 7.08. The monoisotopic (exact) mass is 281 g/mol. The van der Waals surface area contributed by atoms with Crippen LogP contribution in [-0.2, 0) is 6.54 Å². The highest BCUT2D eigenvalue weighted by Gasteiger charge is 2.22. The van der Waals surface area contributed by atoms with Crippen molar-refractivity contribution >= 4 is 17.3 Å². The van der Waals surface area contributed by atoms with Crippen molar-refractivity contribution in [3.8, 4) is 5.75 Å². The summed E-state index contributed by atoms with van der Waals surface area (Å²) in [5.41, 5.74) is 0.440. The first-order chi connectivity index (χ1) is 9.13. The van der Waals surface area contributed by atoms with Crippen LogP contribution in [0.2, 0.25) is 0 Å². The summed E-state index contributed by atoms with van der Waals surface area (Å²) in [6.45, 7) is 1.40. The van der Waals surface area contributed by atoms with Crippen LogP contribution >= 0.6 is 11.5 Å². The van der Waals surface area contributed by atoms with Gasteiger partial charge in [-0.1, -0.05) is 4.49 Å². The van der Waals surface area contributed by atoms with Gasteiger partial charge in [0, 0.05) is 6.54 Å². The Kier molecular flexibility index (Phi) is 4.23. The lowest BCUT2D eigenvalue weighted by Crippen LogP contribution is -2.21. The molecule has 0 aliphatic heterocycles. The van der Waals surface area contributed by atoms with Crippen molar-refractivity contribution in [1.29, 1.82) is 0 Å². The Morgan fingerprint density at radius 2 is 2.26 bits per heavy atom. The molecular weight excluding hydrogens is 266 g/mol. The van der Waals surface area contributed by atoms with Crippen LogP contribution in [0.4, 0.5) is 0 Å². The SMILES string of the molecule is COc1cnn(CCN(C)C)c1C(=O)c1cnns1. The maximum atomic E-state index is 12.4. The molecule has 0 bridgehead atoms. The predicted octanol–water partition coefficient (Wildman–Crippen LogP) is 0.536. The van der Waals surface area contributed by atoms with Crippen molar-refractivity contribution in [2.75, 3.05) is 27.7 Å². The summed E-state index contributed by atoms with van der Waals surface area (Å²) in [7, 11) is 5.46. The molecule has 8 heteroatoms. The minimum Gasteiger partial charge on any atom is -0.493 e. The van der Waals surface area contributed by atoms with E-state index in [4.69, 9.17) is 4.74 Å². The van der Waals surface area contributed by atoms with Crippen LogP contribution in [0.25, 0.3) is 0 Å². The molecule has 0 amide bonds. The predicted molar refractivity (Wildman–Crippen MR) is 70.7 cm³/mol. The number of likely N-dealkylation sites (N-methyl/N-ethyl adjacent to an activating group) is 1. The third kappa shape index (κ3) is 2.96. The van der Waals surface area contributed by atoms with Crippen LogP contribution < -0.4 is 4.74 Å². The molecule has 2 aromatic heterocycles. The Labute approximate surface area is 115 Å². The zero-order valence-electron chi connectivity index (χ0n) is 11.0. The third-order valence-electron chi connectivity index (χ3n) is 2.58. The average Bonchev–Trinajstić information content (AvgIpc) is 3.04. The van der Waals surface area contributed by atoms with Gasteiger partial charge in [0.15, 0.2) is 11.4 Å². The van der Waals surface area contributed by atoms with Crippen LogP contribution in [0.1, 0.15) is 15.4 Å². The summed E-state index contributed by atoms with van der Waals surface area (Å²) in [6, 6.07) is 0. The molecule has 2 heterocycles. The number of rotatable bonds is 6. The van der Waals surface area contributed by atoms with Gasteiger partial charge in [-0.05, 0) is 25.6 Å². The van der Waals surface area contributed by atoms with E-state index in [-0.39, 0.29) is 5.78 Å². The second-order valence-electron chi connectivity index (χ2n) is 4.20. The maximum absolute atomic E-state index is 12.4. The molecule has 7 nitrogen and oxygen atoms in total. The molecule has 0 N–H and O–H groups in total. The fourth-order valence-electron chi connectivity index (χ4n) is 1.59. The van der Waals surface area contributed by atoms with Crippen LogP contribution in [0.3, 0.4) is 0 Å². The number of carbonyl (C=O) groups is 1. The lowest BCUT2D eigenvalue weighted by Gasteiger charge is -2.11. The van der Waals surface area contributed by atoms with E-state index >= 15 is 0 Å². The molecule has 0 fully saturated rings. The summed E-state index contributed by atoms with van der Waals surface area (Å²) >= 11 is 1.06. The minimum atomic E-state index is -0.164. The second-order valence-corrected chi connectivity index (χ2v) is 4.98. The fourth-order valence-corrected chi connectivity index (χ4v) is 2.05. The largest absolute Gasteiger partial charge is 0.493 e. The van der Waals surface area contributed by atoms with Crippen molar-refractivity contribution in [3.63, 3.8) is 0 Å². The first kappa shape index (κ1) is 13.6. The van der Waals surface area contributed by atoms with E-state index in [1.54, 1.807) is 10.9 Å². The lowest BCUT2D eigenvalue weighted by atomic mass is 10.2. The van der Waals surface area contributed by atoms with Gasteiger partial charge in [-0.3, -0.25) is 9.48 Å². The molecular formula is C11H15N5O2S. The van der Waals surface area contributed by atoms with Crippen molar-refractivity contribution in [1.82, 2.24) is 24.3 Å². The Bertz CT molecular complexity index is 549. The summed E-state index contributed by atoms with van der Waals surface area (Å²) < 4.78 is 10.6. The quantitative estimate of drug-likeness (QED) is 0.719. The molecule has 0 aliphatic carbocycles. The van der Waals surface area contributed by atoms with E-state index < -0.39 is 0 Å². The second kappa shape index (κ2) is 5.89. The fraction of sp³-hybridized carbons (Fsp3) is 0.455. The van der Waals surface area contributed by atoms with Crippen LogP contribution in [0.15, 0.2) is 12.4 Å². The summed E-state index contributed by atoms with van der Waals surface area (Å²) in [6.07, 6.45) is 3.01. The standard InChI is InChI=1S/C11H15N5O2S/c1-15(2)4-5-16-10(8(18-3)6-13-16)11(17)9-7-12-14-19-9/h6-7H,4-5H2,1-3H3. The summed E-state index contributed by atoms with van der Waals surface area (Å²) in [4.78, 5) is 14.9. The molecule has 0 unspecified atom stereocenters. The molecule has 102 valence electrons. The van der Waals surface area contributed by atoms with Crippen molar-refractivity contribution in [2.24, 2.45) is 0 Å². The van der Waals surface area contributed by atoms with Gasteiger partial charge in [0.2, 0.25) is 5.78 Å². The Morgan fingerprint density at radius 3 is 2.84 bits per heavy atom. The van der Waals surface area contributed by atoms with Crippen molar-refractivity contribution < 1.29 is 9.53 Å². The third-order valence-corrected chi connectivity index (χ3v) is 3.25. The van der Waals surface area contributed by atoms with Gasteiger partial charge < -0.3 is 9.64 Å². The minimum absolute atomic E-state index is 0.164. The lowest BCUT2D eigenvalue weighted by molar-refractivity contribution is 0.102. The van der Waals surface area contributed by atoms with Crippen LogP contribution in [-0.4, -0.2) is 57.8 Å². The molecule has 0 aromatic carbocycles. The van der Waals surface area contributed by atoms with Gasteiger partial charge in [0.05, 0.1) is 26.0 Å². The van der Waals surface area contributed by atoms with E-state index in [0.29, 0.717) is 22.9 Å². The first-order valence-electron chi connectivity index (χ1n) is 5.70. The molecule has 2 aromatic rings. The van der Waals surface area contributed by atoms with Crippen molar-refractivity contribution in [2.45, 2.75) is 6.54 Å². The number of carbonyl (C=O) groups excluding carboxylic acids is 1. The smallest absolute Gasteiger partial charge is 0.228 e. The van der Waals surface area contributed by atoms with E-state index in [0.717, 1.165) is 18.1 Å². The van der Waals surface area contributed by atoms with Gasteiger partial charge in [-0.2, -0.15) is 5.10 Å². The number of ether oxygens (including phenoxy) is 1. The van der Waals surface area contributed by atoms with E-state index in [2.05, 4.69) is 14.7 Å². The normalized spacial score (nSPS) is 10.9. The van der Waals surface area contributed by atoms with E-state index in [1.165, 1.54) is 13.3 Å². The number of ketones is 1. The zero-order valence-corrected chi connectivity index (χ0v) is 11.8. The highest BCUT2D eigenvalue weighted by atomic mass is 32.1. The van der Waals surface area contributed by atoms with Gasteiger partial charge in [0.1, 0.15) is 4.88 Å². The molecule has 0 spiro atoms. The Hall–Kier alpha value is -1.80. The number of hydrogen-bond acceptors (Lipinski definition) is 7. The maximum Gasteiger partial charge on any atom is 0.228 e. The highest BCUT2D eigenvalue weighted by Crippen LogP contribution is 2.22. The van der Waals surface area contributed by atoms with Crippen LogP contribution in [0.5, 0.6) is 5.75 Å². The zero-order chi connectivity index (χ0) is 13.8. The summed E-state index contributed by atoms with van der Waals surface area (Å²) in [5, 5.41) is 7.88. The van der Waals surface area contributed by atoms with Gasteiger partial charge >= 0.3 is 0 Å². The number of aromatic nitrogens is 4. The van der Waals surface area contributed by atoms with Crippen LogP contribution in [0, 0.1) is 0 Å². The number of hydrogen-bond donors (Lipinski definition) is 0. The first-order valence-corrected chi connectivity index (χ1v) is 6.47. The van der Waals surface area contributed by atoms with Gasteiger partial charge in [0.25, 0.3) is 0 Å². The molecule has 0 radical (unpaired) electrons. The molecule has 0 saturated carbocycles. The number of nitrogens with zero attached hydrogens (tertiary/aromatic N) is 5. The van der Waals surface area contributed by atoms with E-state index in [9.17, 15) is 4.79 Å². The van der Waals surface area contributed by atoms with Gasteiger partial charge in [-0.15, -0.1) is 5.10 Å². The van der Waals surface area contributed by atoms with Crippen molar-refractivity contribution in [3.05, 3.63) is 23.0 Å². The Morgan fingerprint density at radius 1 is 1.47 bits per heavy atom. The van der Waals surface area contributed by atoms with E-state index in [1.807, 2.05) is 19.0 Å². The Balaban J connectivity index is 2.31. The van der Waals surface area contributed by atoms with Gasteiger partial charge in [-0.25, -0.2) is 0 Å². The molecule has 0 aliphatic rings. The molecule has 19 heavy (non-hydrogen) atoms.